The van der Waals surface area contributed by atoms with Gasteiger partial charge in [0, 0.05) is 0 Å². The maximum atomic E-state index is 12.3. The van der Waals surface area contributed by atoms with Crippen molar-refractivity contribution in [2.75, 3.05) is 19.0 Å². The van der Waals surface area contributed by atoms with Crippen LogP contribution in [-0.4, -0.2) is 26.0 Å². The van der Waals surface area contributed by atoms with Gasteiger partial charge in [0.25, 0.3) is 5.91 Å². The monoisotopic (exact) mass is 341 g/mol. The lowest BCUT2D eigenvalue weighted by atomic mass is 10.3. The summed E-state index contributed by atoms with van der Waals surface area (Å²) in [7, 11) is 1.52. The van der Waals surface area contributed by atoms with E-state index in [0.717, 1.165) is 6.07 Å². The van der Waals surface area contributed by atoms with Gasteiger partial charge in [-0.3, -0.25) is 4.79 Å². The summed E-state index contributed by atoms with van der Waals surface area (Å²) < 4.78 is 51.0. The van der Waals surface area contributed by atoms with Gasteiger partial charge in [-0.1, -0.05) is 12.1 Å². The Kier molecular flexibility index (Phi) is 5.51. The van der Waals surface area contributed by atoms with Crippen LogP contribution in [0.3, 0.4) is 0 Å². The van der Waals surface area contributed by atoms with E-state index in [9.17, 15) is 18.0 Å². The van der Waals surface area contributed by atoms with Gasteiger partial charge in [-0.2, -0.15) is 0 Å². The van der Waals surface area contributed by atoms with Crippen LogP contribution in [0.2, 0.25) is 0 Å². The van der Waals surface area contributed by atoms with Crippen molar-refractivity contribution in [1.82, 2.24) is 0 Å². The Balaban J connectivity index is 1.94. The predicted molar refractivity (Wildman–Crippen MR) is 80.2 cm³/mol. The number of carbonyl (C=O) groups excluding carboxylic acids is 1. The third kappa shape index (κ3) is 5.38. The molecular formula is C16H14F3NO4. The minimum Gasteiger partial charge on any atom is -0.497 e. The second kappa shape index (κ2) is 7.58. The molecule has 0 fully saturated rings. The van der Waals surface area contributed by atoms with Crippen molar-refractivity contribution in [3.8, 4) is 17.2 Å². The molecule has 0 saturated carbocycles. The van der Waals surface area contributed by atoms with Gasteiger partial charge in [0.15, 0.2) is 12.4 Å². The maximum absolute atomic E-state index is 12.3. The molecule has 0 aliphatic carbocycles. The van der Waals surface area contributed by atoms with E-state index in [0.29, 0.717) is 11.5 Å². The number of benzene rings is 2. The van der Waals surface area contributed by atoms with Gasteiger partial charge in [0.05, 0.1) is 12.8 Å². The molecule has 5 nitrogen and oxygen atoms in total. The van der Waals surface area contributed by atoms with E-state index in [1.54, 1.807) is 24.3 Å². The quantitative estimate of drug-likeness (QED) is 0.872. The van der Waals surface area contributed by atoms with Crippen LogP contribution in [-0.2, 0) is 4.79 Å². The number of methoxy groups -OCH3 is 1. The number of para-hydroxylation sites is 2. The van der Waals surface area contributed by atoms with Gasteiger partial charge in [-0.15, -0.1) is 13.2 Å². The number of halogens is 3. The Labute approximate surface area is 135 Å². The minimum atomic E-state index is -4.85. The van der Waals surface area contributed by atoms with E-state index in [-0.39, 0.29) is 12.3 Å². The minimum absolute atomic E-state index is 0.0989. The number of ether oxygens (including phenoxy) is 3. The lowest BCUT2D eigenvalue weighted by Gasteiger charge is -2.14. The summed E-state index contributed by atoms with van der Waals surface area (Å²) in [5.74, 6) is -0.0670. The molecule has 0 unspecified atom stereocenters. The molecule has 2 aromatic rings. The summed E-state index contributed by atoms with van der Waals surface area (Å²) in [4.78, 5) is 11.8. The third-order valence-electron chi connectivity index (χ3n) is 2.82. The largest absolute Gasteiger partial charge is 0.573 e. The zero-order valence-electron chi connectivity index (χ0n) is 12.6. The lowest BCUT2D eigenvalue weighted by Crippen LogP contribution is -2.22. The highest BCUT2D eigenvalue weighted by atomic mass is 19.4. The molecular weight excluding hydrogens is 327 g/mol. The summed E-state index contributed by atoms with van der Waals surface area (Å²) >= 11 is 0. The second-order valence-electron chi connectivity index (χ2n) is 4.56. The van der Waals surface area contributed by atoms with Crippen molar-refractivity contribution >= 4 is 11.6 Å². The lowest BCUT2D eigenvalue weighted by molar-refractivity contribution is -0.274. The van der Waals surface area contributed by atoms with Crippen LogP contribution in [0.1, 0.15) is 0 Å². The first-order chi connectivity index (χ1) is 11.4. The molecule has 8 heteroatoms. The second-order valence-corrected chi connectivity index (χ2v) is 4.56. The molecule has 0 aliphatic rings. The number of nitrogens with one attached hydrogen (secondary N) is 1. The SMILES string of the molecule is COc1ccc(OCC(=O)Nc2ccccc2OC(F)(F)F)cc1. The van der Waals surface area contributed by atoms with E-state index in [2.05, 4.69) is 10.1 Å². The first-order valence-electron chi connectivity index (χ1n) is 6.79. The van der Waals surface area contributed by atoms with E-state index >= 15 is 0 Å². The van der Waals surface area contributed by atoms with Crippen LogP contribution in [0.25, 0.3) is 0 Å². The smallest absolute Gasteiger partial charge is 0.497 e. The third-order valence-corrected chi connectivity index (χ3v) is 2.82. The molecule has 2 rings (SSSR count). The highest BCUT2D eigenvalue weighted by molar-refractivity contribution is 5.93. The Morgan fingerprint density at radius 2 is 1.67 bits per heavy atom. The Bertz CT molecular complexity index is 686. The molecule has 0 aromatic heterocycles. The van der Waals surface area contributed by atoms with E-state index in [1.807, 2.05) is 0 Å². The van der Waals surface area contributed by atoms with E-state index < -0.39 is 18.0 Å². The van der Waals surface area contributed by atoms with E-state index in [1.165, 1.54) is 25.3 Å². The Morgan fingerprint density at radius 1 is 1.04 bits per heavy atom. The fraction of sp³-hybridized carbons (Fsp3) is 0.188. The number of hydrogen-bond donors (Lipinski definition) is 1. The summed E-state index contributed by atoms with van der Waals surface area (Å²) in [5, 5.41) is 2.31. The van der Waals surface area contributed by atoms with Crippen LogP contribution in [0.15, 0.2) is 48.5 Å². The molecule has 0 heterocycles. The Hall–Kier alpha value is -2.90. The van der Waals surface area contributed by atoms with Crippen molar-refractivity contribution in [2.45, 2.75) is 6.36 Å². The number of carbonyl (C=O) groups is 1. The first kappa shape index (κ1) is 17.5. The molecule has 1 amide bonds. The molecule has 2 aromatic carbocycles. The van der Waals surface area contributed by atoms with E-state index in [4.69, 9.17) is 9.47 Å². The van der Waals surface area contributed by atoms with Gasteiger partial charge in [-0.25, -0.2) is 0 Å². The van der Waals surface area contributed by atoms with Gasteiger partial charge < -0.3 is 19.5 Å². The van der Waals surface area contributed by atoms with Crippen LogP contribution >= 0.6 is 0 Å². The van der Waals surface area contributed by atoms with Crippen LogP contribution in [0.5, 0.6) is 17.2 Å². The van der Waals surface area contributed by atoms with Gasteiger partial charge in [0.2, 0.25) is 0 Å². The average Bonchev–Trinajstić information content (AvgIpc) is 2.54. The maximum Gasteiger partial charge on any atom is 0.573 e. The highest BCUT2D eigenvalue weighted by Gasteiger charge is 2.32. The number of anilines is 1. The normalized spacial score (nSPS) is 10.8. The highest BCUT2D eigenvalue weighted by Crippen LogP contribution is 2.29. The van der Waals surface area contributed by atoms with Crippen molar-refractivity contribution < 1.29 is 32.2 Å². The average molecular weight is 341 g/mol. The molecule has 0 atom stereocenters. The zero-order chi connectivity index (χ0) is 17.6. The first-order valence-corrected chi connectivity index (χ1v) is 6.79. The number of alkyl halides is 3. The standard InChI is InChI=1S/C16H14F3NO4/c1-22-11-6-8-12(9-7-11)23-10-15(21)20-13-4-2-3-5-14(13)24-16(17,18)19/h2-9H,10H2,1H3,(H,20,21). The molecule has 0 bridgehead atoms. The molecule has 0 radical (unpaired) electrons. The zero-order valence-corrected chi connectivity index (χ0v) is 12.6. The summed E-state index contributed by atoms with van der Waals surface area (Å²) in [6.07, 6.45) is -4.85. The summed E-state index contributed by atoms with van der Waals surface area (Å²) in [6, 6.07) is 11.8. The fourth-order valence-electron chi connectivity index (χ4n) is 1.79. The van der Waals surface area contributed by atoms with Crippen molar-refractivity contribution in [2.24, 2.45) is 0 Å². The number of rotatable bonds is 6. The van der Waals surface area contributed by atoms with Crippen LogP contribution in [0.4, 0.5) is 18.9 Å². The molecule has 24 heavy (non-hydrogen) atoms. The topological polar surface area (TPSA) is 56.8 Å². The summed E-state index contributed by atoms with van der Waals surface area (Å²) in [5.41, 5.74) is -0.0989. The number of amides is 1. The summed E-state index contributed by atoms with van der Waals surface area (Å²) in [6.45, 7) is -0.368. The van der Waals surface area contributed by atoms with Gasteiger partial charge >= 0.3 is 6.36 Å². The van der Waals surface area contributed by atoms with Gasteiger partial charge in [-0.05, 0) is 36.4 Å². The molecule has 0 saturated heterocycles. The fourth-order valence-corrected chi connectivity index (χ4v) is 1.79. The van der Waals surface area contributed by atoms with Crippen LogP contribution in [0, 0.1) is 0 Å². The molecule has 0 spiro atoms. The van der Waals surface area contributed by atoms with Crippen molar-refractivity contribution in [1.29, 1.82) is 0 Å². The molecule has 128 valence electrons. The Morgan fingerprint density at radius 3 is 2.29 bits per heavy atom. The van der Waals surface area contributed by atoms with Crippen molar-refractivity contribution in [3.05, 3.63) is 48.5 Å². The van der Waals surface area contributed by atoms with Crippen molar-refractivity contribution in [3.63, 3.8) is 0 Å². The molecule has 0 aliphatic heterocycles. The predicted octanol–water partition coefficient (Wildman–Crippen LogP) is 3.61. The number of hydrogen-bond acceptors (Lipinski definition) is 4. The molecule has 1 N–H and O–H groups in total. The van der Waals surface area contributed by atoms with Gasteiger partial charge in [0.1, 0.15) is 11.5 Å². The van der Waals surface area contributed by atoms with Crippen LogP contribution < -0.4 is 19.5 Å².